The van der Waals surface area contributed by atoms with E-state index in [9.17, 15) is 4.79 Å². The molecule has 228 valence electrons. The molecule has 6 aromatic rings. The summed E-state index contributed by atoms with van der Waals surface area (Å²) in [5.41, 5.74) is 7.23. The van der Waals surface area contributed by atoms with Crippen LogP contribution in [0, 0.1) is 13.8 Å². The normalized spacial score (nSPS) is 11.8. The number of benzene rings is 4. The van der Waals surface area contributed by atoms with E-state index in [1.807, 2.05) is 68.4 Å². The van der Waals surface area contributed by atoms with Crippen molar-refractivity contribution in [3.8, 4) is 17.1 Å². The molecule has 8 heteroatoms. The smallest absolute Gasteiger partial charge is 0.282 e. The van der Waals surface area contributed by atoms with Crippen LogP contribution in [-0.2, 0) is 6.54 Å². The Bertz CT molecular complexity index is 2160. The molecule has 6 rings (SSSR count). The monoisotopic (exact) mass is 636 g/mol. The van der Waals surface area contributed by atoms with Gasteiger partial charge in [0.1, 0.15) is 5.75 Å². The van der Waals surface area contributed by atoms with Gasteiger partial charge < -0.3 is 9.30 Å². The fourth-order valence-corrected chi connectivity index (χ4v) is 6.16. The topological polar surface area (TPSA) is 61.4 Å². The van der Waals surface area contributed by atoms with Crippen molar-refractivity contribution in [2.45, 2.75) is 47.1 Å². The largest absolute Gasteiger partial charge is 0.494 e. The molecule has 0 bridgehead atoms. The predicted octanol–water partition coefficient (Wildman–Crippen LogP) is 9.39. The standard InChI is InChI=1S/C37H34Cl2N4O2/c1-6-45-35-17-23(4)29(19-28(35)22(2)3)36-41-33-13-9-7-12-27(33)37(44)43(36)40-20-30-24(5)42(34-14-10-8-11-26(30)34)21-25-15-16-31(38)32(39)18-25/h7-20,22H,6,21H2,1-5H3. The Morgan fingerprint density at radius 1 is 0.933 bits per heavy atom. The van der Waals surface area contributed by atoms with Gasteiger partial charge >= 0.3 is 0 Å². The van der Waals surface area contributed by atoms with E-state index in [0.29, 0.717) is 39.9 Å². The van der Waals surface area contributed by atoms with Crippen molar-refractivity contribution in [2.75, 3.05) is 6.61 Å². The minimum absolute atomic E-state index is 0.208. The van der Waals surface area contributed by atoms with Gasteiger partial charge in [0.05, 0.1) is 33.8 Å². The maximum atomic E-state index is 14.1. The molecule has 0 spiro atoms. The van der Waals surface area contributed by atoms with Gasteiger partial charge in [-0.25, -0.2) is 4.98 Å². The first-order chi connectivity index (χ1) is 21.7. The van der Waals surface area contributed by atoms with Crippen LogP contribution < -0.4 is 10.3 Å². The fourth-order valence-electron chi connectivity index (χ4n) is 5.84. The Labute approximate surface area is 272 Å². The molecule has 4 aromatic carbocycles. The van der Waals surface area contributed by atoms with Gasteiger partial charge in [0.25, 0.3) is 5.56 Å². The van der Waals surface area contributed by atoms with Crippen LogP contribution in [0.4, 0.5) is 0 Å². The van der Waals surface area contributed by atoms with Crippen LogP contribution in [0.5, 0.6) is 5.75 Å². The average Bonchev–Trinajstić information content (AvgIpc) is 3.28. The first-order valence-electron chi connectivity index (χ1n) is 15.0. The molecular formula is C37H34Cl2N4O2. The number of nitrogens with zero attached hydrogens (tertiary/aromatic N) is 4. The third-order valence-electron chi connectivity index (χ3n) is 8.18. The maximum absolute atomic E-state index is 14.1. The zero-order chi connectivity index (χ0) is 31.8. The number of hydrogen-bond donors (Lipinski definition) is 0. The molecule has 0 unspecified atom stereocenters. The lowest BCUT2D eigenvalue weighted by Gasteiger charge is -2.18. The molecule has 0 atom stereocenters. The summed E-state index contributed by atoms with van der Waals surface area (Å²) in [4.78, 5) is 19.1. The van der Waals surface area contributed by atoms with Crippen molar-refractivity contribution >= 4 is 51.2 Å². The highest BCUT2D eigenvalue weighted by molar-refractivity contribution is 6.42. The third-order valence-corrected chi connectivity index (χ3v) is 8.92. The zero-order valence-electron chi connectivity index (χ0n) is 25.9. The molecule has 2 heterocycles. The highest BCUT2D eigenvalue weighted by atomic mass is 35.5. The molecule has 0 saturated heterocycles. The minimum atomic E-state index is -0.233. The van der Waals surface area contributed by atoms with E-state index in [-0.39, 0.29) is 11.5 Å². The summed E-state index contributed by atoms with van der Waals surface area (Å²) in [6.07, 6.45) is 1.78. The molecule has 0 N–H and O–H groups in total. The Kier molecular flexibility index (Phi) is 8.54. The summed E-state index contributed by atoms with van der Waals surface area (Å²) >= 11 is 12.5. The lowest BCUT2D eigenvalue weighted by Crippen LogP contribution is -2.21. The Morgan fingerprint density at radius 2 is 1.67 bits per heavy atom. The van der Waals surface area contributed by atoms with Crippen LogP contribution in [0.15, 0.2) is 88.8 Å². The second-order valence-electron chi connectivity index (χ2n) is 11.5. The van der Waals surface area contributed by atoms with Gasteiger partial charge in [-0.2, -0.15) is 9.78 Å². The molecule has 0 aliphatic heterocycles. The molecule has 0 aliphatic rings. The van der Waals surface area contributed by atoms with Crippen LogP contribution in [0.2, 0.25) is 10.0 Å². The summed E-state index contributed by atoms with van der Waals surface area (Å²) in [6.45, 7) is 11.5. The maximum Gasteiger partial charge on any atom is 0.282 e. The van der Waals surface area contributed by atoms with Gasteiger partial charge in [0.15, 0.2) is 5.82 Å². The van der Waals surface area contributed by atoms with Gasteiger partial charge in [0.2, 0.25) is 0 Å². The lowest BCUT2D eigenvalue weighted by atomic mass is 9.96. The van der Waals surface area contributed by atoms with Crippen LogP contribution in [0.3, 0.4) is 0 Å². The Hall–Kier alpha value is -4.39. The van der Waals surface area contributed by atoms with E-state index in [0.717, 1.165) is 50.2 Å². The number of hydrogen-bond acceptors (Lipinski definition) is 4. The fraction of sp³-hybridized carbons (Fsp3) is 0.216. The van der Waals surface area contributed by atoms with Gasteiger partial charge in [0, 0.05) is 34.3 Å². The van der Waals surface area contributed by atoms with E-state index in [4.69, 9.17) is 38.0 Å². The average molecular weight is 638 g/mol. The number of rotatable bonds is 8. The molecule has 0 amide bonds. The molecule has 2 aromatic heterocycles. The molecular weight excluding hydrogens is 603 g/mol. The van der Waals surface area contributed by atoms with Crippen LogP contribution >= 0.6 is 23.2 Å². The van der Waals surface area contributed by atoms with Crippen LogP contribution in [-0.4, -0.2) is 27.0 Å². The quantitative estimate of drug-likeness (QED) is 0.156. The van der Waals surface area contributed by atoms with Crippen molar-refractivity contribution in [3.63, 3.8) is 0 Å². The van der Waals surface area contributed by atoms with E-state index in [1.54, 1.807) is 12.3 Å². The van der Waals surface area contributed by atoms with Gasteiger partial charge in [-0.3, -0.25) is 4.79 Å². The van der Waals surface area contributed by atoms with Crippen molar-refractivity contribution in [1.29, 1.82) is 0 Å². The molecule has 0 aliphatic carbocycles. The van der Waals surface area contributed by atoms with E-state index in [2.05, 4.69) is 43.5 Å². The first-order valence-corrected chi connectivity index (χ1v) is 15.8. The molecule has 0 saturated carbocycles. The summed E-state index contributed by atoms with van der Waals surface area (Å²) < 4.78 is 9.63. The highest BCUT2D eigenvalue weighted by Gasteiger charge is 2.19. The zero-order valence-corrected chi connectivity index (χ0v) is 27.4. The molecule has 6 nitrogen and oxygen atoms in total. The van der Waals surface area contributed by atoms with Crippen molar-refractivity contribution < 1.29 is 4.74 Å². The highest BCUT2D eigenvalue weighted by Crippen LogP contribution is 2.35. The number of halogens is 2. The summed E-state index contributed by atoms with van der Waals surface area (Å²) in [6, 6.07) is 25.4. The molecule has 45 heavy (non-hydrogen) atoms. The number of aromatic nitrogens is 3. The van der Waals surface area contributed by atoms with E-state index in [1.165, 1.54) is 4.68 Å². The molecule has 0 fully saturated rings. The number of ether oxygens (including phenoxy) is 1. The van der Waals surface area contributed by atoms with E-state index >= 15 is 0 Å². The Morgan fingerprint density at radius 3 is 2.40 bits per heavy atom. The van der Waals surface area contributed by atoms with Gasteiger partial charge in [-0.05, 0) is 85.8 Å². The molecule has 0 radical (unpaired) electrons. The van der Waals surface area contributed by atoms with E-state index < -0.39 is 0 Å². The number of aryl methyl sites for hydroxylation is 1. The van der Waals surface area contributed by atoms with Gasteiger partial charge in [-0.1, -0.05) is 73.4 Å². The number of para-hydroxylation sites is 2. The summed E-state index contributed by atoms with van der Waals surface area (Å²) in [7, 11) is 0. The van der Waals surface area contributed by atoms with Crippen LogP contribution in [0.1, 0.15) is 54.6 Å². The SMILES string of the molecule is CCOc1cc(C)c(-c2nc3ccccc3c(=O)n2N=Cc2c(C)n(Cc3ccc(Cl)c(Cl)c3)c3ccccc23)cc1C(C)C. The second kappa shape index (κ2) is 12.5. The predicted molar refractivity (Wildman–Crippen MR) is 187 cm³/mol. The Balaban J connectivity index is 1.54. The summed E-state index contributed by atoms with van der Waals surface area (Å²) in [5.74, 6) is 1.53. The van der Waals surface area contributed by atoms with Crippen molar-refractivity contribution in [3.05, 3.63) is 127 Å². The van der Waals surface area contributed by atoms with Crippen LogP contribution in [0.25, 0.3) is 33.2 Å². The lowest BCUT2D eigenvalue weighted by molar-refractivity contribution is 0.335. The van der Waals surface area contributed by atoms with Crippen molar-refractivity contribution in [1.82, 2.24) is 14.2 Å². The first kappa shape index (κ1) is 30.6. The van der Waals surface area contributed by atoms with Gasteiger partial charge in [-0.15, -0.1) is 0 Å². The summed E-state index contributed by atoms with van der Waals surface area (Å²) in [5, 5.41) is 7.44. The van der Waals surface area contributed by atoms with Crippen molar-refractivity contribution in [2.24, 2.45) is 5.10 Å². The third kappa shape index (κ3) is 5.76. The second-order valence-corrected chi connectivity index (χ2v) is 12.3. The number of fused-ring (bicyclic) bond motifs is 2. The minimum Gasteiger partial charge on any atom is -0.494 e.